The lowest BCUT2D eigenvalue weighted by Gasteiger charge is -2.23. The second kappa shape index (κ2) is 10.9. The summed E-state index contributed by atoms with van der Waals surface area (Å²) in [5.41, 5.74) is 1.29. The molecular formula is C21H33NO2. The van der Waals surface area contributed by atoms with E-state index in [1.807, 2.05) is 30.3 Å². The third-order valence-electron chi connectivity index (χ3n) is 4.10. The minimum Gasteiger partial charge on any atom is -0.494 e. The molecule has 0 aliphatic rings. The topological polar surface area (TPSA) is 38.3 Å². The first-order valence-corrected chi connectivity index (χ1v) is 9.15. The van der Waals surface area contributed by atoms with E-state index in [1.165, 1.54) is 12.8 Å². The van der Waals surface area contributed by atoms with Gasteiger partial charge in [0.1, 0.15) is 5.75 Å². The molecule has 0 aliphatic carbocycles. The number of ether oxygens (including phenoxy) is 1. The molecule has 0 heterocycles. The zero-order chi connectivity index (χ0) is 17.8. The van der Waals surface area contributed by atoms with Crippen molar-refractivity contribution in [2.75, 3.05) is 13.2 Å². The van der Waals surface area contributed by atoms with Crippen LogP contribution in [-0.2, 0) is 4.79 Å². The number of unbranched alkanes of at least 4 members (excludes halogenated alkanes) is 1. The maximum absolute atomic E-state index is 11.9. The van der Waals surface area contributed by atoms with Crippen LogP contribution in [0.3, 0.4) is 0 Å². The van der Waals surface area contributed by atoms with E-state index >= 15 is 0 Å². The SMILES string of the molecule is CCCCOc1ccc(/C=C/C(=O)NCCC(C)(C)CCC)cc1. The maximum Gasteiger partial charge on any atom is 0.243 e. The van der Waals surface area contributed by atoms with Gasteiger partial charge in [0.2, 0.25) is 5.91 Å². The van der Waals surface area contributed by atoms with Gasteiger partial charge in [0.05, 0.1) is 6.61 Å². The first kappa shape index (κ1) is 20.3. The number of hydrogen-bond acceptors (Lipinski definition) is 2. The van der Waals surface area contributed by atoms with Crippen molar-refractivity contribution < 1.29 is 9.53 Å². The number of hydrogen-bond donors (Lipinski definition) is 1. The Balaban J connectivity index is 2.35. The van der Waals surface area contributed by atoms with Crippen LogP contribution in [0.4, 0.5) is 0 Å². The van der Waals surface area contributed by atoms with E-state index in [9.17, 15) is 4.79 Å². The Morgan fingerprint density at radius 1 is 1.12 bits per heavy atom. The highest BCUT2D eigenvalue weighted by atomic mass is 16.5. The smallest absolute Gasteiger partial charge is 0.243 e. The molecule has 1 rings (SSSR count). The maximum atomic E-state index is 11.9. The molecule has 0 saturated heterocycles. The molecule has 0 aliphatic heterocycles. The Bertz CT molecular complexity index is 503. The van der Waals surface area contributed by atoms with E-state index in [2.05, 4.69) is 33.0 Å². The second-order valence-electron chi connectivity index (χ2n) is 7.06. The Morgan fingerprint density at radius 2 is 1.83 bits per heavy atom. The molecule has 1 amide bonds. The van der Waals surface area contributed by atoms with Gasteiger partial charge in [-0.05, 0) is 48.4 Å². The summed E-state index contributed by atoms with van der Waals surface area (Å²) in [5, 5.41) is 2.96. The Labute approximate surface area is 147 Å². The van der Waals surface area contributed by atoms with Gasteiger partial charge >= 0.3 is 0 Å². The van der Waals surface area contributed by atoms with Gasteiger partial charge < -0.3 is 10.1 Å². The van der Waals surface area contributed by atoms with Crippen LogP contribution in [0.2, 0.25) is 0 Å². The summed E-state index contributed by atoms with van der Waals surface area (Å²) in [6.07, 6.45) is 9.00. The van der Waals surface area contributed by atoms with Crippen LogP contribution in [0.15, 0.2) is 30.3 Å². The van der Waals surface area contributed by atoms with Crippen molar-refractivity contribution in [3.63, 3.8) is 0 Å². The molecule has 3 nitrogen and oxygen atoms in total. The molecule has 0 bridgehead atoms. The summed E-state index contributed by atoms with van der Waals surface area (Å²) in [6.45, 7) is 10.3. The first-order chi connectivity index (χ1) is 11.5. The van der Waals surface area contributed by atoms with Gasteiger partial charge in [-0.25, -0.2) is 0 Å². The van der Waals surface area contributed by atoms with E-state index in [0.717, 1.165) is 43.7 Å². The largest absolute Gasteiger partial charge is 0.494 e. The van der Waals surface area contributed by atoms with Gasteiger partial charge in [-0.15, -0.1) is 0 Å². The molecule has 24 heavy (non-hydrogen) atoms. The van der Waals surface area contributed by atoms with Crippen LogP contribution in [0.25, 0.3) is 6.08 Å². The third kappa shape index (κ3) is 8.76. The predicted molar refractivity (Wildman–Crippen MR) is 102 cm³/mol. The fraction of sp³-hybridized carbons (Fsp3) is 0.571. The molecule has 3 heteroatoms. The number of rotatable bonds is 11. The van der Waals surface area contributed by atoms with Gasteiger partial charge in [-0.3, -0.25) is 4.79 Å². The zero-order valence-corrected chi connectivity index (χ0v) is 15.7. The lowest BCUT2D eigenvalue weighted by Crippen LogP contribution is -2.26. The molecule has 0 fully saturated rings. The molecule has 0 atom stereocenters. The summed E-state index contributed by atoms with van der Waals surface area (Å²) >= 11 is 0. The highest BCUT2D eigenvalue weighted by Gasteiger charge is 2.15. The quantitative estimate of drug-likeness (QED) is 0.446. The predicted octanol–water partition coefficient (Wildman–Crippen LogP) is 5.21. The van der Waals surface area contributed by atoms with E-state index < -0.39 is 0 Å². The van der Waals surface area contributed by atoms with Crippen molar-refractivity contribution in [1.29, 1.82) is 0 Å². The molecular weight excluding hydrogens is 298 g/mol. The van der Waals surface area contributed by atoms with E-state index in [4.69, 9.17) is 4.74 Å². The van der Waals surface area contributed by atoms with Crippen LogP contribution >= 0.6 is 0 Å². The fourth-order valence-corrected chi connectivity index (χ4v) is 2.57. The van der Waals surface area contributed by atoms with Crippen molar-refractivity contribution in [1.82, 2.24) is 5.32 Å². The van der Waals surface area contributed by atoms with Crippen molar-refractivity contribution in [3.05, 3.63) is 35.9 Å². The Kier molecular flexibility index (Phi) is 9.21. The molecule has 0 radical (unpaired) electrons. The van der Waals surface area contributed by atoms with Crippen LogP contribution in [0, 0.1) is 5.41 Å². The monoisotopic (exact) mass is 331 g/mol. The number of nitrogens with one attached hydrogen (secondary N) is 1. The molecule has 1 N–H and O–H groups in total. The zero-order valence-electron chi connectivity index (χ0n) is 15.7. The highest BCUT2D eigenvalue weighted by molar-refractivity contribution is 5.91. The van der Waals surface area contributed by atoms with Crippen LogP contribution in [0.5, 0.6) is 5.75 Å². The van der Waals surface area contributed by atoms with Gasteiger partial charge in [-0.2, -0.15) is 0 Å². The summed E-state index contributed by atoms with van der Waals surface area (Å²) in [7, 11) is 0. The third-order valence-corrected chi connectivity index (χ3v) is 4.10. The number of carbonyl (C=O) groups excluding carboxylic acids is 1. The molecule has 134 valence electrons. The highest BCUT2D eigenvalue weighted by Crippen LogP contribution is 2.25. The average molecular weight is 332 g/mol. The van der Waals surface area contributed by atoms with Crippen molar-refractivity contribution in [2.45, 2.75) is 59.8 Å². The summed E-state index contributed by atoms with van der Waals surface area (Å²) in [6, 6.07) is 7.83. The van der Waals surface area contributed by atoms with Crippen molar-refractivity contribution >= 4 is 12.0 Å². The molecule has 1 aromatic carbocycles. The Morgan fingerprint density at radius 3 is 2.46 bits per heavy atom. The minimum atomic E-state index is -0.0365. The second-order valence-corrected chi connectivity index (χ2v) is 7.06. The minimum absolute atomic E-state index is 0.0365. The van der Waals surface area contributed by atoms with Gasteiger partial charge in [0.15, 0.2) is 0 Å². The van der Waals surface area contributed by atoms with Crippen molar-refractivity contribution in [3.8, 4) is 5.75 Å². The summed E-state index contributed by atoms with van der Waals surface area (Å²) in [5.74, 6) is 0.841. The molecule has 0 saturated carbocycles. The molecule has 0 spiro atoms. The summed E-state index contributed by atoms with van der Waals surface area (Å²) in [4.78, 5) is 11.9. The first-order valence-electron chi connectivity index (χ1n) is 9.15. The molecule has 1 aromatic rings. The lowest BCUT2D eigenvalue weighted by atomic mass is 9.85. The number of carbonyl (C=O) groups is 1. The van der Waals surface area contributed by atoms with E-state index in [-0.39, 0.29) is 5.91 Å². The van der Waals surface area contributed by atoms with Crippen molar-refractivity contribution in [2.24, 2.45) is 5.41 Å². The summed E-state index contributed by atoms with van der Waals surface area (Å²) < 4.78 is 5.63. The fourth-order valence-electron chi connectivity index (χ4n) is 2.57. The van der Waals surface area contributed by atoms with Gasteiger partial charge in [0, 0.05) is 12.6 Å². The number of benzene rings is 1. The standard InChI is InChI=1S/C21H33NO2/c1-5-7-17-24-19-11-8-18(9-12-19)10-13-20(23)22-16-15-21(3,4)14-6-2/h8-13H,5-7,14-17H2,1-4H3,(H,22,23)/b13-10+. The number of amides is 1. The lowest BCUT2D eigenvalue weighted by molar-refractivity contribution is -0.116. The van der Waals surface area contributed by atoms with Crippen LogP contribution in [-0.4, -0.2) is 19.1 Å². The van der Waals surface area contributed by atoms with Gasteiger partial charge in [-0.1, -0.05) is 52.7 Å². The van der Waals surface area contributed by atoms with Crippen LogP contribution in [0.1, 0.15) is 65.4 Å². The normalized spacial score (nSPS) is 11.7. The van der Waals surface area contributed by atoms with E-state index in [1.54, 1.807) is 6.08 Å². The Hall–Kier alpha value is -1.77. The average Bonchev–Trinajstić information content (AvgIpc) is 2.54. The molecule has 0 unspecified atom stereocenters. The van der Waals surface area contributed by atoms with Crippen LogP contribution < -0.4 is 10.1 Å². The van der Waals surface area contributed by atoms with Gasteiger partial charge in [0.25, 0.3) is 0 Å². The van der Waals surface area contributed by atoms with E-state index in [0.29, 0.717) is 5.41 Å². The molecule has 0 aromatic heterocycles.